The number of nitrogens with zero attached hydrogens (tertiary/aromatic N) is 1. The molecule has 1 aliphatic rings. The molecule has 0 bridgehead atoms. The van der Waals surface area contributed by atoms with Crippen molar-refractivity contribution in [1.82, 2.24) is 10.2 Å². The maximum atomic E-state index is 12.3. The van der Waals surface area contributed by atoms with Crippen molar-refractivity contribution in [3.63, 3.8) is 0 Å². The van der Waals surface area contributed by atoms with Crippen molar-refractivity contribution in [2.24, 2.45) is 0 Å². The largest absolute Gasteiger partial charge is 0.435 e. The quantitative estimate of drug-likeness (QED) is 0.875. The van der Waals surface area contributed by atoms with Crippen LogP contribution in [0.5, 0.6) is 5.75 Å². The number of nitrogens with one attached hydrogen (secondary N) is 1. The standard InChI is InChI=1S/C17H24F2N2O2/c1-12(13-8-10-15(11-9-13)23-16(18)19)20-17(22)21(2)14-6-4-3-5-7-14/h8-12,14,16H,3-7H2,1-2H3,(H,20,22). The Morgan fingerprint density at radius 3 is 2.39 bits per heavy atom. The predicted molar refractivity (Wildman–Crippen MR) is 84.7 cm³/mol. The average molecular weight is 326 g/mol. The van der Waals surface area contributed by atoms with Crippen molar-refractivity contribution >= 4 is 6.03 Å². The molecule has 0 aliphatic heterocycles. The second-order valence-electron chi connectivity index (χ2n) is 6.02. The number of halogens is 2. The van der Waals surface area contributed by atoms with Crippen LogP contribution >= 0.6 is 0 Å². The van der Waals surface area contributed by atoms with Gasteiger partial charge in [-0.1, -0.05) is 31.4 Å². The van der Waals surface area contributed by atoms with E-state index in [9.17, 15) is 13.6 Å². The average Bonchev–Trinajstić information content (AvgIpc) is 2.55. The minimum absolute atomic E-state index is 0.0997. The van der Waals surface area contributed by atoms with Crippen LogP contribution in [0.1, 0.15) is 50.6 Å². The number of carbonyl (C=O) groups excluding carboxylic acids is 1. The van der Waals surface area contributed by atoms with Crippen molar-refractivity contribution in [3.05, 3.63) is 29.8 Å². The van der Waals surface area contributed by atoms with Crippen molar-refractivity contribution in [3.8, 4) is 5.75 Å². The first-order valence-corrected chi connectivity index (χ1v) is 8.05. The molecule has 0 spiro atoms. The first kappa shape index (κ1) is 17.5. The van der Waals surface area contributed by atoms with Gasteiger partial charge in [-0.2, -0.15) is 8.78 Å². The van der Waals surface area contributed by atoms with Gasteiger partial charge in [0.05, 0.1) is 6.04 Å². The Bertz CT molecular complexity index is 502. The van der Waals surface area contributed by atoms with E-state index in [1.807, 2.05) is 14.0 Å². The molecule has 4 nitrogen and oxygen atoms in total. The lowest BCUT2D eigenvalue weighted by molar-refractivity contribution is -0.0498. The number of hydrogen-bond acceptors (Lipinski definition) is 2. The van der Waals surface area contributed by atoms with Crippen LogP contribution in [-0.4, -0.2) is 30.6 Å². The lowest BCUT2D eigenvalue weighted by atomic mass is 9.95. The Labute approximate surface area is 135 Å². The normalized spacial score (nSPS) is 16.9. The van der Waals surface area contributed by atoms with Gasteiger partial charge in [-0.05, 0) is 37.5 Å². The summed E-state index contributed by atoms with van der Waals surface area (Å²) in [7, 11) is 1.83. The van der Waals surface area contributed by atoms with E-state index < -0.39 is 6.61 Å². The van der Waals surface area contributed by atoms with Gasteiger partial charge in [0.2, 0.25) is 0 Å². The van der Waals surface area contributed by atoms with Crippen molar-refractivity contribution in [1.29, 1.82) is 0 Å². The molecule has 0 aromatic heterocycles. The molecule has 1 saturated carbocycles. The monoisotopic (exact) mass is 326 g/mol. The van der Waals surface area contributed by atoms with Gasteiger partial charge in [-0.3, -0.25) is 0 Å². The molecular formula is C17H24F2N2O2. The van der Waals surface area contributed by atoms with E-state index in [0.29, 0.717) is 6.04 Å². The highest BCUT2D eigenvalue weighted by Gasteiger charge is 2.23. The topological polar surface area (TPSA) is 41.6 Å². The van der Waals surface area contributed by atoms with Crippen LogP contribution in [0.4, 0.5) is 13.6 Å². The second-order valence-corrected chi connectivity index (χ2v) is 6.02. The fourth-order valence-electron chi connectivity index (χ4n) is 2.94. The Balaban J connectivity index is 1.89. The highest BCUT2D eigenvalue weighted by atomic mass is 19.3. The third kappa shape index (κ3) is 5.08. The number of urea groups is 1. The minimum Gasteiger partial charge on any atom is -0.435 e. The smallest absolute Gasteiger partial charge is 0.387 e. The van der Waals surface area contributed by atoms with Crippen molar-refractivity contribution in [2.75, 3.05) is 7.05 Å². The zero-order valence-corrected chi connectivity index (χ0v) is 13.6. The van der Waals surface area contributed by atoms with E-state index in [-0.39, 0.29) is 17.8 Å². The Hall–Kier alpha value is -1.85. The molecule has 1 atom stereocenters. The summed E-state index contributed by atoms with van der Waals surface area (Å²) in [6, 6.07) is 6.33. The maximum Gasteiger partial charge on any atom is 0.387 e. The summed E-state index contributed by atoms with van der Waals surface area (Å²) in [6.45, 7) is -0.961. The summed E-state index contributed by atoms with van der Waals surface area (Å²) >= 11 is 0. The number of carbonyl (C=O) groups is 1. The Morgan fingerprint density at radius 2 is 1.83 bits per heavy atom. The molecule has 2 rings (SSSR count). The van der Waals surface area contributed by atoms with E-state index in [1.165, 1.54) is 31.4 Å². The predicted octanol–water partition coefficient (Wildman–Crippen LogP) is 4.32. The molecule has 0 saturated heterocycles. The SMILES string of the molecule is CC(NC(=O)N(C)C1CCCCC1)c1ccc(OC(F)F)cc1. The molecule has 1 fully saturated rings. The minimum atomic E-state index is -2.83. The zero-order chi connectivity index (χ0) is 16.8. The van der Waals surface area contributed by atoms with Crippen LogP contribution in [0.15, 0.2) is 24.3 Å². The number of hydrogen-bond donors (Lipinski definition) is 1. The van der Waals surface area contributed by atoms with Gasteiger partial charge in [-0.15, -0.1) is 0 Å². The van der Waals surface area contributed by atoms with E-state index in [4.69, 9.17) is 0 Å². The molecule has 6 heteroatoms. The van der Waals surface area contributed by atoms with Crippen LogP contribution in [0.2, 0.25) is 0 Å². The second kappa shape index (κ2) is 8.13. The molecule has 23 heavy (non-hydrogen) atoms. The van der Waals surface area contributed by atoms with Crippen LogP contribution in [0, 0.1) is 0 Å². The molecule has 2 amide bonds. The van der Waals surface area contributed by atoms with Gasteiger partial charge >= 0.3 is 12.6 Å². The van der Waals surface area contributed by atoms with Crippen LogP contribution in [0.25, 0.3) is 0 Å². The van der Waals surface area contributed by atoms with E-state index >= 15 is 0 Å². The third-order valence-corrected chi connectivity index (χ3v) is 4.39. The fraction of sp³-hybridized carbons (Fsp3) is 0.588. The van der Waals surface area contributed by atoms with Crippen LogP contribution in [0.3, 0.4) is 0 Å². The van der Waals surface area contributed by atoms with Gasteiger partial charge in [0.25, 0.3) is 0 Å². The summed E-state index contributed by atoms with van der Waals surface area (Å²) in [6.07, 6.45) is 5.69. The molecule has 0 radical (unpaired) electrons. The number of rotatable bonds is 5. The van der Waals surface area contributed by atoms with E-state index in [0.717, 1.165) is 18.4 Å². The highest BCUT2D eigenvalue weighted by molar-refractivity contribution is 5.74. The molecule has 1 N–H and O–H groups in total. The van der Waals surface area contributed by atoms with Crippen LogP contribution in [-0.2, 0) is 0 Å². The maximum absolute atomic E-state index is 12.3. The van der Waals surface area contributed by atoms with E-state index in [1.54, 1.807) is 17.0 Å². The summed E-state index contributed by atoms with van der Waals surface area (Å²) in [5, 5.41) is 2.95. The van der Waals surface area contributed by atoms with Gasteiger partial charge < -0.3 is 15.0 Å². The number of ether oxygens (including phenoxy) is 1. The summed E-state index contributed by atoms with van der Waals surface area (Å²) in [4.78, 5) is 14.1. The zero-order valence-electron chi connectivity index (χ0n) is 13.6. The van der Waals surface area contributed by atoms with Crippen molar-refractivity contribution < 1.29 is 18.3 Å². The molecule has 1 unspecified atom stereocenters. The number of alkyl halides is 2. The van der Waals surface area contributed by atoms with Gasteiger partial charge in [0.15, 0.2) is 0 Å². The number of benzene rings is 1. The first-order chi connectivity index (χ1) is 11.0. The molecule has 1 aromatic carbocycles. The molecular weight excluding hydrogens is 302 g/mol. The lowest BCUT2D eigenvalue weighted by Crippen LogP contribution is -2.45. The summed E-state index contributed by atoms with van der Waals surface area (Å²) in [5.41, 5.74) is 0.844. The lowest BCUT2D eigenvalue weighted by Gasteiger charge is -2.32. The third-order valence-electron chi connectivity index (χ3n) is 4.39. The summed E-state index contributed by atoms with van der Waals surface area (Å²) < 4.78 is 28.6. The Morgan fingerprint density at radius 1 is 1.22 bits per heavy atom. The molecule has 1 aliphatic carbocycles. The van der Waals surface area contributed by atoms with Gasteiger partial charge in [0.1, 0.15) is 5.75 Å². The number of amides is 2. The molecule has 0 heterocycles. The summed E-state index contributed by atoms with van der Waals surface area (Å²) in [5.74, 6) is 0.113. The fourth-order valence-corrected chi connectivity index (χ4v) is 2.94. The van der Waals surface area contributed by atoms with E-state index in [2.05, 4.69) is 10.1 Å². The molecule has 128 valence electrons. The van der Waals surface area contributed by atoms with Gasteiger partial charge in [0, 0.05) is 13.1 Å². The first-order valence-electron chi connectivity index (χ1n) is 8.05. The van der Waals surface area contributed by atoms with Crippen LogP contribution < -0.4 is 10.1 Å². The van der Waals surface area contributed by atoms with Crippen molar-refractivity contribution in [2.45, 2.75) is 57.7 Å². The highest BCUT2D eigenvalue weighted by Crippen LogP contribution is 2.23. The Kier molecular flexibility index (Phi) is 6.19. The molecule has 1 aromatic rings. The van der Waals surface area contributed by atoms with Gasteiger partial charge in [-0.25, -0.2) is 4.79 Å².